The summed E-state index contributed by atoms with van der Waals surface area (Å²) in [6.45, 7) is 4.41. The Kier molecular flexibility index (Phi) is 3.15. The highest BCUT2D eigenvalue weighted by molar-refractivity contribution is 9.10. The maximum atomic E-state index is 4.82. The summed E-state index contributed by atoms with van der Waals surface area (Å²) in [5.41, 5.74) is 4.47. The van der Waals surface area contributed by atoms with Gasteiger partial charge in [-0.15, -0.1) is 0 Å². The van der Waals surface area contributed by atoms with Gasteiger partial charge in [-0.3, -0.25) is 0 Å². The van der Waals surface area contributed by atoms with Gasteiger partial charge in [0.15, 0.2) is 5.65 Å². The molecule has 0 bridgehead atoms. The number of pyridine rings is 1. The van der Waals surface area contributed by atoms with Crippen molar-refractivity contribution in [3.8, 4) is 11.3 Å². The fourth-order valence-electron chi connectivity index (χ4n) is 2.41. The predicted molar refractivity (Wildman–Crippen MR) is 82.4 cm³/mol. The monoisotopic (exact) mass is 314 g/mol. The summed E-state index contributed by atoms with van der Waals surface area (Å²) in [7, 11) is 0. The minimum absolute atomic E-state index is 0.416. The summed E-state index contributed by atoms with van der Waals surface area (Å²) < 4.78 is 3.20. The van der Waals surface area contributed by atoms with Crippen LogP contribution in [-0.4, -0.2) is 9.38 Å². The number of hydrogen-bond acceptors (Lipinski definition) is 1. The first-order valence-corrected chi connectivity index (χ1v) is 7.19. The van der Waals surface area contributed by atoms with Crippen LogP contribution < -0.4 is 0 Å². The largest absolute Gasteiger partial charge is 0.302 e. The smallest absolute Gasteiger partial charge is 0.152 e. The summed E-state index contributed by atoms with van der Waals surface area (Å²) in [5.74, 6) is 0.416. The van der Waals surface area contributed by atoms with Gasteiger partial charge in [-0.1, -0.05) is 44.2 Å². The molecule has 19 heavy (non-hydrogen) atoms. The third kappa shape index (κ3) is 2.08. The van der Waals surface area contributed by atoms with Crippen molar-refractivity contribution < 1.29 is 0 Å². The number of benzene rings is 1. The Labute approximate surface area is 121 Å². The molecule has 0 aliphatic carbocycles. The van der Waals surface area contributed by atoms with Gasteiger partial charge in [0.25, 0.3) is 0 Å². The molecule has 0 fully saturated rings. The SMILES string of the molecule is CC(C)c1c(-c2ccccc2)nc2c(Br)cccn12. The van der Waals surface area contributed by atoms with Crippen LogP contribution in [-0.2, 0) is 0 Å². The van der Waals surface area contributed by atoms with Crippen LogP contribution in [0.4, 0.5) is 0 Å². The van der Waals surface area contributed by atoms with Crippen molar-refractivity contribution in [3.63, 3.8) is 0 Å². The van der Waals surface area contributed by atoms with Crippen molar-refractivity contribution in [1.82, 2.24) is 9.38 Å². The van der Waals surface area contributed by atoms with E-state index in [1.54, 1.807) is 0 Å². The number of hydrogen-bond donors (Lipinski definition) is 0. The number of imidazole rings is 1. The molecule has 0 unspecified atom stereocenters. The van der Waals surface area contributed by atoms with Crippen LogP contribution in [0.25, 0.3) is 16.9 Å². The highest BCUT2D eigenvalue weighted by Crippen LogP contribution is 2.31. The Hall–Kier alpha value is -1.61. The lowest BCUT2D eigenvalue weighted by molar-refractivity contribution is 0.811. The normalized spacial score (nSPS) is 11.4. The Bertz CT molecular complexity index is 714. The molecule has 0 radical (unpaired) electrons. The molecule has 2 nitrogen and oxygen atoms in total. The minimum Gasteiger partial charge on any atom is -0.302 e. The van der Waals surface area contributed by atoms with Gasteiger partial charge in [-0.25, -0.2) is 4.98 Å². The van der Waals surface area contributed by atoms with Gasteiger partial charge in [0, 0.05) is 11.8 Å². The first-order valence-electron chi connectivity index (χ1n) is 6.40. The molecule has 0 N–H and O–H groups in total. The molecule has 3 aromatic rings. The van der Waals surface area contributed by atoms with Crippen molar-refractivity contribution in [2.75, 3.05) is 0 Å². The number of nitrogens with zero attached hydrogens (tertiary/aromatic N) is 2. The van der Waals surface area contributed by atoms with E-state index < -0.39 is 0 Å². The lowest BCUT2D eigenvalue weighted by Gasteiger charge is -2.08. The van der Waals surface area contributed by atoms with Crippen LogP contribution in [0.2, 0.25) is 0 Å². The minimum atomic E-state index is 0.416. The number of fused-ring (bicyclic) bond motifs is 1. The van der Waals surface area contributed by atoms with E-state index in [1.807, 2.05) is 18.2 Å². The van der Waals surface area contributed by atoms with Gasteiger partial charge in [0.05, 0.1) is 15.9 Å². The van der Waals surface area contributed by atoms with E-state index in [9.17, 15) is 0 Å². The van der Waals surface area contributed by atoms with Gasteiger partial charge in [0.2, 0.25) is 0 Å². The van der Waals surface area contributed by atoms with Crippen molar-refractivity contribution in [3.05, 3.63) is 58.8 Å². The van der Waals surface area contributed by atoms with Crippen LogP contribution in [0.5, 0.6) is 0 Å². The second kappa shape index (κ2) is 4.82. The van der Waals surface area contributed by atoms with Gasteiger partial charge in [0.1, 0.15) is 0 Å². The summed E-state index contributed by atoms with van der Waals surface area (Å²) in [6.07, 6.45) is 2.08. The molecule has 0 spiro atoms. The first-order chi connectivity index (χ1) is 9.18. The maximum Gasteiger partial charge on any atom is 0.152 e. The molecule has 0 aliphatic heterocycles. The molecule has 0 saturated carbocycles. The van der Waals surface area contributed by atoms with Gasteiger partial charge in [-0.05, 0) is 34.0 Å². The lowest BCUT2D eigenvalue weighted by atomic mass is 10.0. The third-order valence-electron chi connectivity index (χ3n) is 3.23. The van der Waals surface area contributed by atoms with Crippen LogP contribution in [0, 0.1) is 0 Å². The lowest BCUT2D eigenvalue weighted by Crippen LogP contribution is -1.96. The summed E-state index contributed by atoms with van der Waals surface area (Å²) >= 11 is 3.58. The van der Waals surface area contributed by atoms with Crippen molar-refractivity contribution >= 4 is 21.6 Å². The zero-order valence-electron chi connectivity index (χ0n) is 11.0. The van der Waals surface area contributed by atoms with E-state index in [-0.39, 0.29) is 0 Å². The highest BCUT2D eigenvalue weighted by Gasteiger charge is 2.17. The van der Waals surface area contributed by atoms with E-state index in [0.29, 0.717) is 5.92 Å². The van der Waals surface area contributed by atoms with Gasteiger partial charge >= 0.3 is 0 Å². The molecule has 0 aliphatic rings. The van der Waals surface area contributed by atoms with Crippen molar-refractivity contribution in [2.24, 2.45) is 0 Å². The molecular weight excluding hydrogens is 300 g/mol. The van der Waals surface area contributed by atoms with E-state index in [4.69, 9.17) is 4.98 Å². The molecule has 0 atom stereocenters. The van der Waals surface area contributed by atoms with Crippen LogP contribution in [0.3, 0.4) is 0 Å². The number of halogens is 1. The second-order valence-corrected chi connectivity index (χ2v) is 5.77. The van der Waals surface area contributed by atoms with Gasteiger partial charge in [-0.2, -0.15) is 0 Å². The molecule has 0 amide bonds. The summed E-state index contributed by atoms with van der Waals surface area (Å²) in [5, 5.41) is 0. The standard InChI is InChI=1S/C16H15BrN2/c1-11(2)15-14(12-7-4-3-5-8-12)18-16-13(17)9-6-10-19(15)16/h3-11H,1-2H3. The van der Waals surface area contributed by atoms with E-state index in [0.717, 1.165) is 15.8 Å². The van der Waals surface area contributed by atoms with Crippen molar-refractivity contribution in [1.29, 1.82) is 0 Å². The Morgan fingerprint density at radius 3 is 2.47 bits per heavy atom. The second-order valence-electron chi connectivity index (χ2n) is 4.92. The fourth-order valence-corrected chi connectivity index (χ4v) is 2.85. The summed E-state index contributed by atoms with van der Waals surface area (Å²) in [4.78, 5) is 4.82. The van der Waals surface area contributed by atoms with Crippen LogP contribution >= 0.6 is 15.9 Å². The molecule has 96 valence electrons. The van der Waals surface area contributed by atoms with E-state index in [2.05, 4.69) is 64.6 Å². The molecule has 0 saturated heterocycles. The average Bonchev–Trinajstić information content (AvgIpc) is 2.81. The Morgan fingerprint density at radius 2 is 1.79 bits per heavy atom. The first kappa shape index (κ1) is 12.4. The third-order valence-corrected chi connectivity index (χ3v) is 3.85. The van der Waals surface area contributed by atoms with Gasteiger partial charge < -0.3 is 4.40 Å². The van der Waals surface area contributed by atoms with Crippen molar-refractivity contribution in [2.45, 2.75) is 19.8 Å². The Balaban J connectivity index is 2.36. The average molecular weight is 315 g/mol. The molecule has 1 aromatic carbocycles. The quantitative estimate of drug-likeness (QED) is 0.658. The maximum absolute atomic E-state index is 4.82. The van der Waals surface area contributed by atoms with Crippen LogP contribution in [0.1, 0.15) is 25.5 Å². The van der Waals surface area contributed by atoms with E-state index >= 15 is 0 Å². The molecule has 2 aromatic heterocycles. The van der Waals surface area contributed by atoms with Crippen LogP contribution in [0.15, 0.2) is 53.1 Å². The molecule has 3 rings (SSSR count). The van der Waals surface area contributed by atoms with E-state index in [1.165, 1.54) is 11.3 Å². The fraction of sp³-hybridized carbons (Fsp3) is 0.188. The highest BCUT2D eigenvalue weighted by atomic mass is 79.9. The topological polar surface area (TPSA) is 17.3 Å². The molecule has 2 heterocycles. The number of aromatic nitrogens is 2. The Morgan fingerprint density at radius 1 is 1.05 bits per heavy atom. The number of rotatable bonds is 2. The molecular formula is C16H15BrN2. The predicted octanol–water partition coefficient (Wildman–Crippen LogP) is 4.89. The summed E-state index contributed by atoms with van der Waals surface area (Å²) in [6, 6.07) is 14.4. The zero-order chi connectivity index (χ0) is 13.4. The molecule has 3 heteroatoms. The zero-order valence-corrected chi connectivity index (χ0v) is 12.6.